The van der Waals surface area contributed by atoms with Gasteiger partial charge in [0.05, 0.1) is 0 Å². The highest BCUT2D eigenvalue weighted by Gasteiger charge is 2.57. The number of ether oxygens (including phenoxy) is 10. The lowest BCUT2D eigenvalue weighted by Crippen LogP contribution is -2.67. The van der Waals surface area contributed by atoms with Crippen LogP contribution in [0.5, 0.6) is 0 Å². The molecule has 0 saturated carbocycles. The highest BCUT2D eigenvalue weighted by molar-refractivity contribution is 5.69. The normalized spacial score (nSPS) is 31.5. The molecule has 0 amide bonds. The second-order valence-electron chi connectivity index (χ2n) is 9.68. The van der Waals surface area contributed by atoms with Gasteiger partial charge in [0.2, 0.25) is 0 Å². The van der Waals surface area contributed by atoms with Gasteiger partial charge in [0.25, 0.3) is 0 Å². The summed E-state index contributed by atoms with van der Waals surface area (Å²) in [6.07, 6.45) is -16.3. The van der Waals surface area contributed by atoms with Gasteiger partial charge in [-0.25, -0.2) is 0 Å². The van der Waals surface area contributed by atoms with E-state index < -0.39 is 116 Å². The van der Waals surface area contributed by atoms with Crippen LogP contribution in [-0.2, 0) is 80.9 Å². The van der Waals surface area contributed by atoms with E-state index in [9.17, 15) is 38.7 Å². The van der Waals surface area contributed by atoms with Gasteiger partial charge < -0.3 is 52.5 Å². The number of rotatable bonds is 11. The molecular formula is C26H36O18. The summed E-state index contributed by atoms with van der Waals surface area (Å²) in [5, 5.41) is 11.0. The van der Waals surface area contributed by atoms with Gasteiger partial charge in [0.15, 0.2) is 49.2 Å². The molecule has 0 aromatic rings. The Bertz CT molecular complexity index is 1090. The second kappa shape index (κ2) is 16.3. The Morgan fingerprint density at radius 3 is 1.20 bits per heavy atom. The molecule has 0 bridgehead atoms. The van der Waals surface area contributed by atoms with Gasteiger partial charge in [-0.1, -0.05) is 0 Å². The van der Waals surface area contributed by atoms with E-state index in [1.165, 1.54) is 0 Å². The van der Waals surface area contributed by atoms with E-state index in [0.29, 0.717) is 0 Å². The van der Waals surface area contributed by atoms with Crippen molar-refractivity contribution in [2.75, 3.05) is 13.2 Å². The van der Waals surface area contributed by atoms with Crippen molar-refractivity contribution in [3.8, 4) is 0 Å². The third kappa shape index (κ3) is 10.7. The molecule has 2 saturated heterocycles. The number of hydrogen-bond donors (Lipinski definition) is 1. The SMILES string of the molecule is CC(=O)OC[C@@H]1O[C@@H](O)[C@@H](O[C@H]2O[C@H](COC(C)=O)[C@@H](OC(C)=O)[C@H](OC(C)=O)[C@@H]2OC(C)=O)[C@@H](OC(C)=O)[C@@H]1OC(C)=O. The molecule has 18 heteroatoms. The number of esters is 7. The van der Waals surface area contributed by atoms with Gasteiger partial charge in [-0.15, -0.1) is 0 Å². The Balaban J connectivity index is 2.59. The maximum atomic E-state index is 12.1. The molecule has 2 fully saturated rings. The van der Waals surface area contributed by atoms with Crippen molar-refractivity contribution in [1.29, 1.82) is 0 Å². The molecule has 0 spiro atoms. The van der Waals surface area contributed by atoms with Crippen LogP contribution in [0.1, 0.15) is 48.5 Å². The fourth-order valence-electron chi connectivity index (χ4n) is 4.49. The fourth-order valence-corrected chi connectivity index (χ4v) is 4.49. The zero-order valence-corrected chi connectivity index (χ0v) is 25.1. The van der Waals surface area contributed by atoms with Crippen LogP contribution in [0.2, 0.25) is 0 Å². The number of carbonyl (C=O) groups excluding carboxylic acids is 7. The van der Waals surface area contributed by atoms with Crippen molar-refractivity contribution >= 4 is 41.8 Å². The van der Waals surface area contributed by atoms with Crippen molar-refractivity contribution in [2.24, 2.45) is 0 Å². The average molecular weight is 637 g/mol. The van der Waals surface area contributed by atoms with E-state index >= 15 is 0 Å². The molecule has 2 aliphatic heterocycles. The van der Waals surface area contributed by atoms with Crippen molar-refractivity contribution in [3.05, 3.63) is 0 Å². The second-order valence-corrected chi connectivity index (χ2v) is 9.68. The van der Waals surface area contributed by atoms with Crippen LogP contribution in [0.25, 0.3) is 0 Å². The van der Waals surface area contributed by atoms with Gasteiger partial charge in [-0.2, -0.15) is 0 Å². The Kier molecular flexibility index (Phi) is 13.4. The van der Waals surface area contributed by atoms with Crippen LogP contribution in [0.4, 0.5) is 0 Å². The van der Waals surface area contributed by atoms with Crippen LogP contribution >= 0.6 is 0 Å². The lowest BCUT2D eigenvalue weighted by atomic mass is 9.96. The number of carbonyl (C=O) groups is 7. The summed E-state index contributed by atoms with van der Waals surface area (Å²) in [5.41, 5.74) is 0. The van der Waals surface area contributed by atoms with Gasteiger partial charge in [0, 0.05) is 48.5 Å². The van der Waals surface area contributed by atoms with Crippen LogP contribution in [0.3, 0.4) is 0 Å². The van der Waals surface area contributed by atoms with Gasteiger partial charge in [-0.3, -0.25) is 33.6 Å². The maximum absolute atomic E-state index is 12.1. The van der Waals surface area contributed by atoms with Gasteiger partial charge >= 0.3 is 41.8 Å². The van der Waals surface area contributed by atoms with Crippen LogP contribution in [0, 0.1) is 0 Å². The van der Waals surface area contributed by atoms with Crippen molar-refractivity contribution in [2.45, 2.75) is 110 Å². The summed E-state index contributed by atoms with van der Waals surface area (Å²) in [5.74, 6) is -5.97. The summed E-state index contributed by atoms with van der Waals surface area (Å²) in [6.45, 7) is 6.19. The Morgan fingerprint density at radius 1 is 0.477 bits per heavy atom. The molecule has 10 atom stereocenters. The highest BCUT2D eigenvalue weighted by Crippen LogP contribution is 2.34. The summed E-state index contributed by atoms with van der Waals surface area (Å²) < 4.78 is 53.9. The van der Waals surface area contributed by atoms with E-state index in [0.717, 1.165) is 48.5 Å². The van der Waals surface area contributed by atoms with Crippen LogP contribution in [0.15, 0.2) is 0 Å². The zero-order chi connectivity index (χ0) is 33.3. The van der Waals surface area contributed by atoms with Crippen LogP contribution in [-0.4, -0.2) is 122 Å². The standard InChI is InChI=1S/C26H36O18/c1-10(27)35-8-17-19(37-12(3)29)21(39-14(5)31)23(25(34)42-17)44-26-24(41-16(7)33)22(40-15(6)32)20(38-13(4)30)18(43-26)9-36-11(2)28/h17-26,34H,8-9H2,1-7H3/t17-,18+,19+,20+,21-,22-,23-,24-,25+,26+/m0/s1. The first-order valence-corrected chi connectivity index (χ1v) is 13.3. The van der Waals surface area contributed by atoms with Crippen molar-refractivity contribution < 1.29 is 86.0 Å². The van der Waals surface area contributed by atoms with E-state index in [4.69, 9.17) is 47.4 Å². The zero-order valence-electron chi connectivity index (χ0n) is 25.1. The summed E-state index contributed by atoms with van der Waals surface area (Å²) in [4.78, 5) is 83.3. The van der Waals surface area contributed by atoms with Crippen molar-refractivity contribution in [3.63, 3.8) is 0 Å². The fraction of sp³-hybridized carbons (Fsp3) is 0.731. The maximum Gasteiger partial charge on any atom is 0.303 e. The predicted octanol–water partition coefficient (Wildman–Crippen LogP) is -1.40. The summed E-state index contributed by atoms with van der Waals surface area (Å²) in [6, 6.07) is 0. The lowest BCUT2D eigenvalue weighted by molar-refractivity contribution is -0.363. The molecule has 0 aromatic heterocycles. The lowest BCUT2D eigenvalue weighted by Gasteiger charge is -2.47. The summed E-state index contributed by atoms with van der Waals surface area (Å²) in [7, 11) is 0. The number of aliphatic hydroxyl groups is 1. The molecule has 2 rings (SSSR count). The minimum atomic E-state index is -1.99. The third-order valence-electron chi connectivity index (χ3n) is 5.90. The first kappa shape index (κ1) is 36.3. The topological polar surface area (TPSA) is 232 Å². The quantitative estimate of drug-likeness (QED) is 0.203. The molecular weight excluding hydrogens is 600 g/mol. The molecule has 0 radical (unpaired) electrons. The average Bonchev–Trinajstić information content (AvgIpc) is 2.87. The Hall–Kier alpha value is -3.87. The van der Waals surface area contributed by atoms with E-state index in [1.807, 2.05) is 0 Å². The van der Waals surface area contributed by atoms with E-state index in [-0.39, 0.29) is 0 Å². The van der Waals surface area contributed by atoms with Gasteiger partial charge in [0.1, 0.15) is 25.4 Å². The molecule has 0 aliphatic carbocycles. The van der Waals surface area contributed by atoms with Crippen LogP contribution < -0.4 is 0 Å². The van der Waals surface area contributed by atoms with Crippen molar-refractivity contribution in [1.82, 2.24) is 0 Å². The largest absolute Gasteiger partial charge is 0.463 e. The highest BCUT2D eigenvalue weighted by atomic mass is 16.8. The molecule has 18 nitrogen and oxygen atoms in total. The Morgan fingerprint density at radius 2 is 0.818 bits per heavy atom. The molecule has 1 N–H and O–H groups in total. The van der Waals surface area contributed by atoms with E-state index in [2.05, 4.69) is 0 Å². The first-order chi connectivity index (χ1) is 20.5. The molecule has 2 heterocycles. The smallest absolute Gasteiger partial charge is 0.303 e. The first-order valence-electron chi connectivity index (χ1n) is 13.3. The molecule has 0 unspecified atom stereocenters. The molecule has 248 valence electrons. The minimum Gasteiger partial charge on any atom is -0.463 e. The third-order valence-corrected chi connectivity index (χ3v) is 5.90. The Labute approximate surface area is 251 Å². The molecule has 0 aromatic carbocycles. The number of aliphatic hydroxyl groups excluding tert-OH is 1. The van der Waals surface area contributed by atoms with E-state index in [1.54, 1.807) is 0 Å². The predicted molar refractivity (Wildman–Crippen MR) is 135 cm³/mol. The van der Waals surface area contributed by atoms with Gasteiger partial charge in [-0.05, 0) is 0 Å². The minimum absolute atomic E-state index is 0.534. The number of hydrogen-bond acceptors (Lipinski definition) is 18. The molecule has 44 heavy (non-hydrogen) atoms. The molecule has 2 aliphatic rings. The monoisotopic (exact) mass is 636 g/mol. The summed E-state index contributed by atoms with van der Waals surface area (Å²) >= 11 is 0.